The van der Waals surface area contributed by atoms with Crippen molar-refractivity contribution in [1.82, 2.24) is 9.97 Å². The van der Waals surface area contributed by atoms with Gasteiger partial charge < -0.3 is 14.8 Å². The van der Waals surface area contributed by atoms with Gasteiger partial charge in [0.15, 0.2) is 0 Å². The highest BCUT2D eigenvalue weighted by atomic mass is 16.5. The molecule has 2 aliphatic rings. The number of nitrogens with one attached hydrogen (secondary N) is 1. The lowest BCUT2D eigenvalue weighted by atomic mass is 9.90. The molecule has 18 heavy (non-hydrogen) atoms. The van der Waals surface area contributed by atoms with Crippen molar-refractivity contribution in [3.05, 3.63) is 17.2 Å². The number of aryl methyl sites for hydroxylation is 1. The Labute approximate surface area is 106 Å². The number of hydrogen-bond donors (Lipinski definition) is 2. The molecule has 0 bridgehead atoms. The highest BCUT2D eigenvalue weighted by molar-refractivity contribution is 5.76. The molecule has 1 saturated heterocycles. The summed E-state index contributed by atoms with van der Waals surface area (Å²) in [6, 6.07) is 0. The average Bonchev–Trinajstić information content (AvgIpc) is 2.93. The number of nitrogens with zero attached hydrogens (tertiary/aromatic N) is 1. The minimum absolute atomic E-state index is 0.0139. The first kappa shape index (κ1) is 11.7. The van der Waals surface area contributed by atoms with E-state index in [9.17, 15) is 9.90 Å². The summed E-state index contributed by atoms with van der Waals surface area (Å²) in [4.78, 5) is 19.0. The van der Waals surface area contributed by atoms with Gasteiger partial charge >= 0.3 is 5.97 Å². The summed E-state index contributed by atoms with van der Waals surface area (Å²) in [5.41, 5.74) is 1.72. The molecule has 3 rings (SSSR count). The highest BCUT2D eigenvalue weighted by Gasteiger charge is 2.33. The van der Waals surface area contributed by atoms with Crippen LogP contribution in [0.15, 0.2) is 0 Å². The number of hydrogen-bond acceptors (Lipinski definition) is 3. The third-order valence-corrected chi connectivity index (χ3v) is 3.91. The first-order chi connectivity index (χ1) is 8.65. The third-order valence-electron chi connectivity index (χ3n) is 3.91. The van der Waals surface area contributed by atoms with E-state index in [1.165, 1.54) is 0 Å². The number of rotatable bonds is 2. The van der Waals surface area contributed by atoms with Crippen molar-refractivity contribution >= 4 is 5.97 Å². The van der Waals surface area contributed by atoms with Crippen LogP contribution in [0.2, 0.25) is 0 Å². The highest BCUT2D eigenvalue weighted by Crippen LogP contribution is 2.35. The number of carboxylic acid groups (broad SMARTS) is 1. The van der Waals surface area contributed by atoms with Gasteiger partial charge in [-0.2, -0.15) is 0 Å². The smallest absolute Gasteiger partial charge is 0.312 e. The Kier molecular flexibility index (Phi) is 2.86. The normalized spacial score (nSPS) is 31.3. The maximum atomic E-state index is 11.2. The van der Waals surface area contributed by atoms with Gasteiger partial charge in [0.2, 0.25) is 0 Å². The summed E-state index contributed by atoms with van der Waals surface area (Å²) in [6.07, 6.45) is 4.78. The molecule has 0 aromatic carbocycles. The van der Waals surface area contributed by atoms with Crippen molar-refractivity contribution in [1.29, 1.82) is 0 Å². The Morgan fingerprint density at radius 2 is 2.28 bits per heavy atom. The standard InChI is InChI=1S/C13H18N2O3/c1-7-5-6-10(18-7)12-14-9-4-2-3-8(13(16)17)11(9)15-12/h7-8,10H,2-6H2,1H3,(H,14,15)(H,16,17). The van der Waals surface area contributed by atoms with E-state index in [2.05, 4.69) is 16.9 Å². The molecular weight excluding hydrogens is 232 g/mol. The summed E-state index contributed by atoms with van der Waals surface area (Å²) in [5, 5.41) is 9.22. The zero-order chi connectivity index (χ0) is 12.7. The van der Waals surface area contributed by atoms with E-state index in [-0.39, 0.29) is 12.2 Å². The summed E-state index contributed by atoms with van der Waals surface area (Å²) in [7, 11) is 0. The molecule has 2 heterocycles. The predicted molar refractivity (Wildman–Crippen MR) is 64.4 cm³/mol. The van der Waals surface area contributed by atoms with Crippen LogP contribution in [0.4, 0.5) is 0 Å². The number of H-pyrrole nitrogens is 1. The first-order valence-corrected chi connectivity index (χ1v) is 6.62. The fourth-order valence-electron chi connectivity index (χ4n) is 2.94. The lowest BCUT2D eigenvalue weighted by Gasteiger charge is -2.16. The molecule has 1 fully saturated rings. The van der Waals surface area contributed by atoms with Crippen LogP contribution < -0.4 is 0 Å². The van der Waals surface area contributed by atoms with Crippen LogP contribution in [-0.4, -0.2) is 27.1 Å². The van der Waals surface area contributed by atoms with Gasteiger partial charge in [0.25, 0.3) is 0 Å². The molecule has 3 atom stereocenters. The number of aromatic nitrogens is 2. The monoisotopic (exact) mass is 250 g/mol. The van der Waals surface area contributed by atoms with Crippen LogP contribution in [-0.2, 0) is 16.0 Å². The fraction of sp³-hybridized carbons (Fsp3) is 0.692. The zero-order valence-electron chi connectivity index (χ0n) is 10.5. The molecule has 2 N–H and O–H groups in total. The molecular formula is C13H18N2O3. The summed E-state index contributed by atoms with van der Waals surface area (Å²) >= 11 is 0. The van der Waals surface area contributed by atoms with E-state index < -0.39 is 11.9 Å². The molecule has 1 aliphatic carbocycles. The average molecular weight is 250 g/mol. The molecule has 1 aromatic heterocycles. The van der Waals surface area contributed by atoms with Crippen molar-refractivity contribution in [2.45, 2.75) is 57.2 Å². The minimum Gasteiger partial charge on any atom is -0.481 e. The molecule has 3 unspecified atom stereocenters. The number of carboxylic acids is 1. The Bertz CT molecular complexity index is 469. The quantitative estimate of drug-likeness (QED) is 0.843. The number of imidazole rings is 1. The zero-order valence-corrected chi connectivity index (χ0v) is 10.5. The van der Waals surface area contributed by atoms with Gasteiger partial charge in [-0.25, -0.2) is 4.98 Å². The van der Waals surface area contributed by atoms with Crippen molar-refractivity contribution < 1.29 is 14.6 Å². The third kappa shape index (κ3) is 1.92. The SMILES string of the molecule is CC1CCC(c2nc3c([nH]2)CCCC3C(=O)O)O1. The van der Waals surface area contributed by atoms with Crippen LogP contribution in [0, 0.1) is 0 Å². The molecule has 0 spiro atoms. The molecule has 1 aromatic rings. The van der Waals surface area contributed by atoms with Gasteiger partial charge in [0.05, 0.1) is 11.8 Å². The van der Waals surface area contributed by atoms with Crippen LogP contribution in [0.3, 0.4) is 0 Å². The van der Waals surface area contributed by atoms with Crippen molar-refractivity contribution in [2.24, 2.45) is 0 Å². The Morgan fingerprint density at radius 3 is 2.94 bits per heavy atom. The lowest BCUT2D eigenvalue weighted by Crippen LogP contribution is -2.17. The molecule has 0 amide bonds. The molecule has 1 aliphatic heterocycles. The number of fused-ring (bicyclic) bond motifs is 1. The maximum absolute atomic E-state index is 11.2. The molecule has 0 radical (unpaired) electrons. The number of carbonyl (C=O) groups is 1. The molecule has 98 valence electrons. The number of aliphatic carboxylic acids is 1. The minimum atomic E-state index is -0.769. The Balaban J connectivity index is 1.89. The number of aromatic amines is 1. The van der Waals surface area contributed by atoms with Crippen LogP contribution in [0.5, 0.6) is 0 Å². The second kappa shape index (κ2) is 4.39. The van der Waals surface area contributed by atoms with Gasteiger partial charge in [-0.05, 0) is 39.0 Å². The molecule has 5 nitrogen and oxygen atoms in total. The van der Waals surface area contributed by atoms with E-state index in [0.29, 0.717) is 6.42 Å². The predicted octanol–water partition coefficient (Wildman–Crippen LogP) is 2.15. The second-order valence-corrected chi connectivity index (χ2v) is 5.28. The van der Waals surface area contributed by atoms with Gasteiger partial charge in [-0.1, -0.05) is 0 Å². The van der Waals surface area contributed by atoms with E-state index in [1.807, 2.05) is 0 Å². The first-order valence-electron chi connectivity index (χ1n) is 6.62. The van der Waals surface area contributed by atoms with Crippen molar-refractivity contribution in [3.8, 4) is 0 Å². The summed E-state index contributed by atoms with van der Waals surface area (Å²) in [5.74, 6) is -0.398. The fourth-order valence-corrected chi connectivity index (χ4v) is 2.94. The van der Waals surface area contributed by atoms with Crippen molar-refractivity contribution in [2.75, 3.05) is 0 Å². The second-order valence-electron chi connectivity index (χ2n) is 5.28. The lowest BCUT2D eigenvalue weighted by molar-refractivity contribution is -0.139. The maximum Gasteiger partial charge on any atom is 0.312 e. The van der Waals surface area contributed by atoms with Gasteiger partial charge in [0, 0.05) is 5.69 Å². The van der Waals surface area contributed by atoms with E-state index >= 15 is 0 Å². The van der Waals surface area contributed by atoms with E-state index in [4.69, 9.17) is 4.74 Å². The van der Waals surface area contributed by atoms with E-state index in [0.717, 1.165) is 42.9 Å². The molecule has 5 heteroatoms. The van der Waals surface area contributed by atoms with Crippen LogP contribution >= 0.6 is 0 Å². The topological polar surface area (TPSA) is 75.2 Å². The van der Waals surface area contributed by atoms with Crippen LogP contribution in [0.1, 0.15) is 61.8 Å². The number of ether oxygens (including phenoxy) is 1. The summed E-state index contributed by atoms with van der Waals surface area (Å²) < 4.78 is 5.78. The van der Waals surface area contributed by atoms with E-state index in [1.54, 1.807) is 0 Å². The molecule has 0 saturated carbocycles. The van der Waals surface area contributed by atoms with Gasteiger partial charge in [-0.3, -0.25) is 4.79 Å². The Morgan fingerprint density at radius 1 is 1.44 bits per heavy atom. The largest absolute Gasteiger partial charge is 0.481 e. The van der Waals surface area contributed by atoms with Gasteiger partial charge in [-0.15, -0.1) is 0 Å². The summed E-state index contributed by atoms with van der Waals surface area (Å²) in [6.45, 7) is 2.06. The Hall–Kier alpha value is -1.36. The van der Waals surface area contributed by atoms with Gasteiger partial charge in [0.1, 0.15) is 17.8 Å². The van der Waals surface area contributed by atoms with Crippen LogP contribution in [0.25, 0.3) is 0 Å². The van der Waals surface area contributed by atoms with Crippen molar-refractivity contribution in [3.63, 3.8) is 0 Å².